The Morgan fingerprint density at radius 3 is 1.00 bits per heavy atom. The van der Waals surface area contributed by atoms with Gasteiger partial charge >= 0.3 is 0 Å². The van der Waals surface area contributed by atoms with Gasteiger partial charge in [-0.05, 0) is 17.5 Å². The minimum absolute atomic E-state index is 0. The molecule has 2 aromatic carbocycles. The van der Waals surface area contributed by atoms with Crippen LogP contribution in [0.3, 0.4) is 0 Å². The smallest absolute Gasteiger partial charge is 0.144 e. The second kappa shape index (κ2) is 11.8. The van der Waals surface area contributed by atoms with Crippen molar-refractivity contribution >= 4 is 19.7 Å². The topological polar surface area (TPSA) is 68.3 Å². The van der Waals surface area contributed by atoms with Crippen molar-refractivity contribution in [2.24, 2.45) is 0 Å². The van der Waals surface area contributed by atoms with E-state index in [0.717, 1.165) is 31.4 Å². The largest absolute Gasteiger partial charge is 0.229 e. The number of hydrogen-bond donors (Lipinski definition) is 0. The Balaban J connectivity index is 0. The van der Waals surface area contributed by atoms with Gasteiger partial charge in [0.1, 0.15) is 19.7 Å². The van der Waals surface area contributed by atoms with Crippen LogP contribution in [0.2, 0.25) is 0 Å². The van der Waals surface area contributed by atoms with Gasteiger partial charge in [0.05, 0.1) is 0 Å². The summed E-state index contributed by atoms with van der Waals surface area (Å²) < 4.78 is 38.5. The van der Waals surface area contributed by atoms with Crippen molar-refractivity contribution < 1.29 is 16.8 Å². The van der Waals surface area contributed by atoms with Crippen molar-refractivity contribution in [3.63, 3.8) is 0 Å². The molecule has 0 aliphatic carbocycles. The highest BCUT2D eigenvalue weighted by Crippen LogP contribution is 2.07. The average Bonchev–Trinajstić information content (AvgIpc) is 2.37. The first-order chi connectivity index (χ1) is 10.4. The van der Waals surface area contributed by atoms with E-state index in [4.69, 9.17) is 0 Å². The maximum Gasteiger partial charge on any atom is 0.144 e. The third kappa shape index (κ3) is 22.6. The molecule has 0 aromatic heterocycles. The van der Waals surface area contributed by atoms with Gasteiger partial charge in [0.25, 0.3) is 0 Å². The van der Waals surface area contributed by atoms with Crippen LogP contribution in [0.1, 0.15) is 18.6 Å². The van der Waals surface area contributed by atoms with E-state index in [9.17, 15) is 16.8 Å². The summed E-state index contributed by atoms with van der Waals surface area (Å²) in [5.74, 6) is 0. The molecule has 0 bridgehead atoms. The molecule has 4 nitrogen and oxygen atoms in total. The van der Waals surface area contributed by atoms with E-state index in [1.165, 1.54) is 11.1 Å². The van der Waals surface area contributed by atoms with Crippen molar-refractivity contribution in [1.82, 2.24) is 0 Å². The zero-order valence-corrected chi connectivity index (χ0v) is 15.6. The molecule has 0 saturated carbocycles. The molecule has 0 saturated heterocycles. The number of benzene rings is 2. The fourth-order valence-corrected chi connectivity index (χ4v) is 1.43. The summed E-state index contributed by atoms with van der Waals surface area (Å²) in [7, 11) is -5.33. The van der Waals surface area contributed by atoms with Crippen molar-refractivity contribution in [1.29, 1.82) is 0 Å². The van der Waals surface area contributed by atoms with Crippen molar-refractivity contribution in [3.05, 3.63) is 71.8 Å². The molecule has 6 heteroatoms. The van der Waals surface area contributed by atoms with Gasteiger partial charge in [-0.1, -0.05) is 68.1 Å². The molecule has 0 heterocycles. The minimum Gasteiger partial charge on any atom is -0.229 e. The van der Waals surface area contributed by atoms with Crippen molar-refractivity contribution in [2.45, 2.75) is 13.8 Å². The summed E-state index contributed by atoms with van der Waals surface area (Å²) in [6, 6.07) is 21.1. The Morgan fingerprint density at radius 1 is 0.583 bits per heavy atom. The number of sulfone groups is 2. The Hall–Kier alpha value is -1.66. The highest BCUT2D eigenvalue weighted by Gasteiger charge is 1.92. The molecule has 24 heavy (non-hydrogen) atoms. The summed E-state index contributed by atoms with van der Waals surface area (Å²) in [6.07, 6.45) is 5.67. The standard InChI is InChI=1S/C13H12.2C2H6O2S.CH4/c1-3-7-12(8-4-1)11-13-9-5-2-6-10-13;2*1-5(2,3)4;/h1-10H,11H2;2*1-2H3;1H4. The third-order valence-electron chi connectivity index (χ3n) is 2.09. The van der Waals surface area contributed by atoms with Crippen molar-refractivity contribution in [3.8, 4) is 0 Å². The molecule has 0 radical (unpaired) electrons. The summed E-state index contributed by atoms with van der Waals surface area (Å²) in [5, 5.41) is 0. The van der Waals surface area contributed by atoms with Crippen LogP contribution in [0, 0.1) is 0 Å². The minimum atomic E-state index is -2.67. The van der Waals surface area contributed by atoms with E-state index in [0.29, 0.717) is 0 Å². The van der Waals surface area contributed by atoms with Gasteiger partial charge in [0.2, 0.25) is 0 Å². The second-order valence-corrected chi connectivity index (χ2v) is 10.0. The Kier molecular flexibility index (Phi) is 12.1. The lowest BCUT2D eigenvalue weighted by Gasteiger charge is -2.00. The van der Waals surface area contributed by atoms with Crippen molar-refractivity contribution in [2.75, 3.05) is 25.0 Å². The fourth-order valence-electron chi connectivity index (χ4n) is 1.43. The Bertz CT molecular complexity index is 668. The van der Waals surface area contributed by atoms with E-state index < -0.39 is 19.7 Å². The molecular weight excluding hydrogens is 344 g/mol. The third-order valence-corrected chi connectivity index (χ3v) is 2.09. The van der Waals surface area contributed by atoms with Gasteiger partial charge in [-0.3, -0.25) is 0 Å². The summed E-state index contributed by atoms with van der Waals surface area (Å²) in [5.41, 5.74) is 2.74. The van der Waals surface area contributed by atoms with E-state index in [1.54, 1.807) is 0 Å². The summed E-state index contributed by atoms with van der Waals surface area (Å²) in [6.45, 7) is 0. The summed E-state index contributed by atoms with van der Waals surface area (Å²) in [4.78, 5) is 0. The Morgan fingerprint density at radius 2 is 0.792 bits per heavy atom. The maximum absolute atomic E-state index is 9.63. The normalized spacial score (nSPS) is 10.2. The van der Waals surface area contributed by atoms with Crippen LogP contribution < -0.4 is 0 Å². The molecule has 0 spiro atoms. The van der Waals surface area contributed by atoms with Gasteiger partial charge < -0.3 is 0 Å². The first-order valence-corrected chi connectivity index (χ1v) is 11.4. The molecule has 2 rings (SSSR count). The molecule has 0 atom stereocenters. The first kappa shape index (κ1) is 24.6. The predicted molar refractivity (Wildman–Crippen MR) is 104 cm³/mol. The van der Waals surface area contributed by atoms with Gasteiger partial charge in [0.15, 0.2) is 0 Å². The van der Waals surface area contributed by atoms with Gasteiger partial charge in [-0.2, -0.15) is 0 Å². The van der Waals surface area contributed by atoms with Crippen LogP contribution in [0.4, 0.5) is 0 Å². The van der Waals surface area contributed by atoms with Gasteiger partial charge in [-0.15, -0.1) is 0 Å². The number of hydrogen-bond acceptors (Lipinski definition) is 4. The monoisotopic (exact) mass is 372 g/mol. The van der Waals surface area contributed by atoms with E-state index in [-0.39, 0.29) is 7.43 Å². The van der Waals surface area contributed by atoms with Crippen LogP contribution in [-0.4, -0.2) is 41.9 Å². The molecular formula is C18H28O4S2. The first-order valence-electron chi connectivity index (χ1n) is 6.83. The lowest BCUT2D eigenvalue weighted by molar-refractivity contribution is 0.605. The summed E-state index contributed by atoms with van der Waals surface area (Å²) >= 11 is 0. The molecule has 0 N–H and O–H groups in total. The van der Waals surface area contributed by atoms with E-state index in [1.807, 2.05) is 0 Å². The maximum atomic E-state index is 9.63. The molecule has 0 unspecified atom stereocenters. The number of rotatable bonds is 2. The zero-order valence-electron chi connectivity index (χ0n) is 13.9. The van der Waals surface area contributed by atoms with Crippen LogP contribution >= 0.6 is 0 Å². The van der Waals surface area contributed by atoms with E-state index in [2.05, 4.69) is 60.7 Å². The van der Waals surface area contributed by atoms with E-state index >= 15 is 0 Å². The SMILES string of the molecule is C.CS(C)(=O)=O.CS(C)(=O)=O.c1ccc(Cc2ccccc2)cc1. The fraction of sp³-hybridized carbons (Fsp3) is 0.333. The van der Waals surface area contributed by atoms with Crippen LogP contribution in [-0.2, 0) is 26.1 Å². The quantitative estimate of drug-likeness (QED) is 0.811. The molecule has 136 valence electrons. The van der Waals surface area contributed by atoms with Gasteiger partial charge in [-0.25, -0.2) is 16.8 Å². The molecule has 0 fully saturated rings. The highest BCUT2D eigenvalue weighted by atomic mass is 32.2. The molecule has 0 aliphatic rings. The second-order valence-electron chi connectivity index (χ2n) is 5.43. The average molecular weight is 373 g/mol. The zero-order chi connectivity index (χ0) is 17.9. The van der Waals surface area contributed by atoms with Crippen LogP contribution in [0.25, 0.3) is 0 Å². The molecule has 0 aliphatic heterocycles. The van der Waals surface area contributed by atoms with Crippen LogP contribution in [0.15, 0.2) is 60.7 Å². The lowest BCUT2D eigenvalue weighted by atomic mass is 10.1. The molecule has 2 aromatic rings. The predicted octanol–water partition coefficient (Wildman–Crippen LogP) is 3.24. The highest BCUT2D eigenvalue weighted by molar-refractivity contribution is 7.90. The lowest BCUT2D eigenvalue weighted by Crippen LogP contribution is -1.86. The Labute approximate surface area is 147 Å². The van der Waals surface area contributed by atoms with Crippen LogP contribution in [0.5, 0.6) is 0 Å². The molecule has 0 amide bonds. The van der Waals surface area contributed by atoms with Gasteiger partial charge in [0, 0.05) is 25.0 Å².